The summed E-state index contributed by atoms with van der Waals surface area (Å²) in [6, 6.07) is 12.9. The molecular weight excluding hydrogens is 461 g/mol. The zero-order valence-corrected chi connectivity index (χ0v) is 19.6. The molecule has 34 heavy (non-hydrogen) atoms. The normalized spacial score (nSPS) is 10.6. The summed E-state index contributed by atoms with van der Waals surface area (Å²) < 4.78 is 13.9. The van der Waals surface area contributed by atoms with Crippen molar-refractivity contribution in [2.45, 2.75) is 0 Å². The van der Waals surface area contributed by atoms with Crippen LogP contribution in [-0.2, 0) is 4.79 Å². The Bertz CT molecular complexity index is 1220. The number of rotatable bonds is 7. The van der Waals surface area contributed by atoms with E-state index in [0.717, 1.165) is 12.1 Å². The lowest BCUT2D eigenvalue weighted by molar-refractivity contribution is -0.118. The number of benzene rings is 2. The van der Waals surface area contributed by atoms with E-state index < -0.39 is 17.6 Å². The molecule has 2 aromatic carbocycles. The summed E-state index contributed by atoms with van der Waals surface area (Å²) in [7, 11) is 5.25. The lowest BCUT2D eigenvalue weighted by Gasteiger charge is -2.20. The number of pyridine rings is 1. The fourth-order valence-corrected chi connectivity index (χ4v) is 3.18. The number of anilines is 3. The first-order chi connectivity index (χ1) is 16.1. The van der Waals surface area contributed by atoms with Crippen LogP contribution in [0.5, 0.6) is 0 Å². The third-order valence-corrected chi connectivity index (χ3v) is 5.02. The van der Waals surface area contributed by atoms with E-state index in [1.165, 1.54) is 23.2 Å². The highest BCUT2D eigenvalue weighted by atomic mass is 35.5. The van der Waals surface area contributed by atoms with Crippen LogP contribution < -0.4 is 15.5 Å². The van der Waals surface area contributed by atoms with Crippen molar-refractivity contribution in [3.05, 3.63) is 82.8 Å². The van der Waals surface area contributed by atoms with Crippen molar-refractivity contribution >= 4 is 46.5 Å². The highest BCUT2D eigenvalue weighted by molar-refractivity contribution is 6.30. The van der Waals surface area contributed by atoms with Crippen LogP contribution in [0.3, 0.4) is 0 Å². The molecule has 10 heteroatoms. The molecule has 0 bridgehead atoms. The number of hydrogen-bond acceptors (Lipinski definition) is 5. The van der Waals surface area contributed by atoms with E-state index in [9.17, 15) is 18.8 Å². The summed E-state index contributed by atoms with van der Waals surface area (Å²) in [6.45, 7) is 0.249. The van der Waals surface area contributed by atoms with Gasteiger partial charge in [-0.1, -0.05) is 11.6 Å². The first-order valence-corrected chi connectivity index (χ1v) is 10.6. The van der Waals surface area contributed by atoms with Gasteiger partial charge in [0, 0.05) is 29.5 Å². The van der Waals surface area contributed by atoms with Crippen molar-refractivity contribution in [3.63, 3.8) is 0 Å². The van der Waals surface area contributed by atoms with Crippen LogP contribution in [-0.4, -0.2) is 55.3 Å². The molecule has 0 saturated heterocycles. The fourth-order valence-electron chi connectivity index (χ4n) is 3.02. The van der Waals surface area contributed by atoms with Crippen LogP contribution in [0.2, 0.25) is 5.02 Å². The van der Waals surface area contributed by atoms with Crippen molar-refractivity contribution in [1.29, 1.82) is 0 Å². The summed E-state index contributed by atoms with van der Waals surface area (Å²) in [6.07, 6.45) is 1.42. The maximum absolute atomic E-state index is 13.9. The van der Waals surface area contributed by atoms with Crippen molar-refractivity contribution in [3.8, 4) is 0 Å². The van der Waals surface area contributed by atoms with Gasteiger partial charge in [0.1, 0.15) is 11.6 Å². The molecule has 176 valence electrons. The average molecular weight is 484 g/mol. The van der Waals surface area contributed by atoms with Gasteiger partial charge in [-0.3, -0.25) is 14.4 Å². The Morgan fingerprint density at radius 2 is 1.65 bits per heavy atom. The second-order valence-corrected chi connectivity index (χ2v) is 8.13. The van der Waals surface area contributed by atoms with Crippen LogP contribution in [0.1, 0.15) is 20.7 Å². The number of nitrogens with one attached hydrogen (secondary N) is 2. The van der Waals surface area contributed by atoms with Gasteiger partial charge in [0.2, 0.25) is 5.91 Å². The van der Waals surface area contributed by atoms with Crippen LogP contribution in [0.15, 0.2) is 60.8 Å². The average Bonchev–Trinajstić information content (AvgIpc) is 2.79. The summed E-state index contributed by atoms with van der Waals surface area (Å²) in [5.41, 5.74) is 0.956. The highest BCUT2D eigenvalue weighted by Gasteiger charge is 2.17. The van der Waals surface area contributed by atoms with Crippen LogP contribution in [0.25, 0.3) is 0 Å². The second kappa shape index (κ2) is 10.9. The molecule has 1 aromatic heterocycles. The number of hydrogen-bond donors (Lipinski definition) is 2. The predicted molar refractivity (Wildman–Crippen MR) is 130 cm³/mol. The van der Waals surface area contributed by atoms with Crippen molar-refractivity contribution in [2.24, 2.45) is 0 Å². The lowest BCUT2D eigenvalue weighted by Crippen LogP contribution is -2.35. The van der Waals surface area contributed by atoms with E-state index in [1.54, 1.807) is 56.4 Å². The monoisotopic (exact) mass is 483 g/mol. The van der Waals surface area contributed by atoms with Crippen LogP contribution in [0, 0.1) is 5.82 Å². The molecule has 2 N–H and O–H groups in total. The molecule has 0 saturated carbocycles. The SMILES string of the molecule is CN(C)CC(=O)N(C)c1ccc(C(=O)Nc2ccc(F)cc2C(=O)Nc2cc(Cl)ccn2)cc1. The van der Waals surface area contributed by atoms with Gasteiger partial charge in [-0.25, -0.2) is 9.37 Å². The Morgan fingerprint density at radius 1 is 0.941 bits per heavy atom. The minimum Gasteiger partial charge on any atom is -0.321 e. The number of likely N-dealkylation sites (N-methyl/N-ethyl adjacent to an activating group) is 2. The van der Waals surface area contributed by atoms with E-state index in [-0.39, 0.29) is 29.5 Å². The van der Waals surface area contributed by atoms with Gasteiger partial charge in [0.05, 0.1) is 17.8 Å². The Labute approximate surface area is 201 Å². The lowest BCUT2D eigenvalue weighted by atomic mass is 10.1. The summed E-state index contributed by atoms with van der Waals surface area (Å²) in [5, 5.41) is 5.53. The number of carbonyl (C=O) groups is 3. The Balaban J connectivity index is 1.76. The van der Waals surface area contributed by atoms with E-state index in [4.69, 9.17) is 11.6 Å². The smallest absolute Gasteiger partial charge is 0.259 e. The summed E-state index contributed by atoms with van der Waals surface area (Å²) in [4.78, 5) is 45.0. The molecule has 3 rings (SSSR count). The molecule has 8 nitrogen and oxygen atoms in total. The number of nitrogens with zero attached hydrogens (tertiary/aromatic N) is 3. The number of aromatic nitrogens is 1. The first-order valence-electron chi connectivity index (χ1n) is 10.2. The zero-order chi connectivity index (χ0) is 24.8. The molecule has 0 radical (unpaired) electrons. The Kier molecular flexibility index (Phi) is 7.93. The topological polar surface area (TPSA) is 94.6 Å². The molecular formula is C24H23ClFN5O3. The van der Waals surface area contributed by atoms with Gasteiger partial charge in [-0.15, -0.1) is 0 Å². The third kappa shape index (κ3) is 6.37. The molecule has 0 aliphatic rings. The van der Waals surface area contributed by atoms with Crippen LogP contribution in [0.4, 0.5) is 21.6 Å². The quantitative estimate of drug-likeness (QED) is 0.531. The number of amides is 3. The third-order valence-electron chi connectivity index (χ3n) is 4.78. The maximum Gasteiger partial charge on any atom is 0.259 e. The van der Waals surface area contributed by atoms with Gasteiger partial charge in [-0.2, -0.15) is 0 Å². The zero-order valence-electron chi connectivity index (χ0n) is 18.8. The molecule has 0 atom stereocenters. The fraction of sp³-hybridized carbons (Fsp3) is 0.167. The van der Waals surface area contributed by atoms with E-state index >= 15 is 0 Å². The van der Waals surface area contributed by atoms with Crippen molar-refractivity contribution < 1.29 is 18.8 Å². The number of carbonyl (C=O) groups excluding carboxylic acids is 3. The van der Waals surface area contributed by atoms with Gasteiger partial charge >= 0.3 is 0 Å². The summed E-state index contributed by atoms with van der Waals surface area (Å²) in [5.74, 6) is -1.73. The second-order valence-electron chi connectivity index (χ2n) is 7.69. The molecule has 0 aliphatic heterocycles. The van der Waals surface area contributed by atoms with E-state index in [2.05, 4.69) is 15.6 Å². The van der Waals surface area contributed by atoms with E-state index in [0.29, 0.717) is 16.3 Å². The largest absolute Gasteiger partial charge is 0.321 e. The maximum atomic E-state index is 13.9. The molecule has 0 spiro atoms. The molecule has 1 heterocycles. The molecule has 3 aromatic rings. The Hall–Kier alpha value is -3.82. The van der Waals surface area contributed by atoms with Gasteiger partial charge in [0.25, 0.3) is 11.8 Å². The molecule has 0 aliphatic carbocycles. The first kappa shape index (κ1) is 24.8. The van der Waals surface area contributed by atoms with Crippen molar-refractivity contribution in [1.82, 2.24) is 9.88 Å². The predicted octanol–water partition coefficient (Wildman–Crippen LogP) is 3.90. The minimum absolute atomic E-state index is 0.0826. The van der Waals surface area contributed by atoms with Gasteiger partial charge < -0.3 is 20.4 Å². The minimum atomic E-state index is -0.666. The standard InChI is InChI=1S/C24H23ClFN5O3/c1-30(2)14-22(32)31(3)18-7-4-15(5-8-18)23(33)28-20-9-6-17(26)13-19(20)24(34)29-21-12-16(25)10-11-27-21/h4-13H,14H2,1-3H3,(H,28,33)(H,27,29,34). The summed E-state index contributed by atoms with van der Waals surface area (Å²) >= 11 is 5.91. The Morgan fingerprint density at radius 3 is 2.29 bits per heavy atom. The van der Waals surface area contributed by atoms with Crippen LogP contribution >= 0.6 is 11.6 Å². The van der Waals surface area contributed by atoms with Crippen molar-refractivity contribution in [2.75, 3.05) is 43.2 Å². The molecule has 0 unspecified atom stereocenters. The molecule has 0 fully saturated rings. The molecule has 3 amide bonds. The van der Waals surface area contributed by atoms with E-state index in [1.807, 2.05) is 0 Å². The van der Waals surface area contributed by atoms with Gasteiger partial charge in [-0.05, 0) is 68.7 Å². The van der Waals surface area contributed by atoms with Gasteiger partial charge in [0.15, 0.2) is 0 Å². The number of halogens is 2. The highest BCUT2D eigenvalue weighted by Crippen LogP contribution is 2.21.